The second-order valence-electron chi connectivity index (χ2n) is 31.0. The Hall–Kier alpha value is -11.5. The highest BCUT2D eigenvalue weighted by molar-refractivity contribution is 6.26. The summed E-state index contributed by atoms with van der Waals surface area (Å²) in [5.41, 5.74) is 24.7. The second-order valence-corrected chi connectivity index (χ2v) is 31.0. The zero-order valence-electron chi connectivity index (χ0n) is 85.9. The minimum Gasteiger partial charge on any atom is -0.388 e. The Balaban J connectivity index is 0.000000718. The number of rotatable bonds is 2. The van der Waals surface area contributed by atoms with Gasteiger partial charge in [-0.3, -0.25) is 38.4 Å². The summed E-state index contributed by atoms with van der Waals surface area (Å²) < 4.78 is 0. The van der Waals surface area contributed by atoms with Crippen molar-refractivity contribution in [3.8, 4) is 0 Å². The average molecular weight is 1780 g/mol. The van der Waals surface area contributed by atoms with Crippen molar-refractivity contribution in [3.63, 3.8) is 0 Å². The molecule has 708 valence electrons. The molecule has 20 rings (SSSR count). The van der Waals surface area contributed by atoms with Gasteiger partial charge in [-0.1, -0.05) is 446 Å². The number of hydrogen-bond donors (Lipinski definition) is 1. The van der Waals surface area contributed by atoms with Crippen LogP contribution in [0.4, 0.5) is 0 Å². The summed E-state index contributed by atoms with van der Waals surface area (Å²) in [5, 5.41) is 9.65. The lowest BCUT2D eigenvalue weighted by molar-refractivity contribution is 0.0847. The smallest absolute Gasteiger partial charge is 0.189 e. The maximum Gasteiger partial charge on any atom is 0.189 e. The first-order chi connectivity index (χ1) is 64.0. The highest BCUT2D eigenvalue weighted by Gasteiger charge is 2.35. The van der Waals surface area contributed by atoms with Crippen LogP contribution in [0.3, 0.4) is 0 Å². The van der Waals surface area contributed by atoms with Crippen molar-refractivity contribution >= 4 is 58.4 Å². The van der Waals surface area contributed by atoms with E-state index >= 15 is 0 Å². The maximum absolute atomic E-state index is 11.8. The molecule has 0 fully saturated rings. The van der Waals surface area contributed by atoms with Gasteiger partial charge in [-0.05, 0) is 182 Å². The fourth-order valence-electron chi connectivity index (χ4n) is 15.6. The third-order valence-corrected chi connectivity index (χ3v) is 22.2. The Kier molecular flexibility index (Phi) is 59.9. The predicted octanol–water partition coefficient (Wildman–Crippen LogP) is 32.8. The van der Waals surface area contributed by atoms with Crippen LogP contribution in [0.5, 0.6) is 0 Å². The molecule has 0 radical (unpaired) electrons. The molecule has 0 amide bonds. The van der Waals surface area contributed by atoms with Crippen molar-refractivity contribution in [3.05, 3.63) is 389 Å². The number of hydrogen-bond acceptors (Lipinski definition) is 9. The molecule has 0 heterocycles. The van der Waals surface area contributed by atoms with E-state index in [1.54, 1.807) is 42.3 Å². The number of Topliss-reactive ketones (excluding diaryl/α,β-unsaturated/α-hetero) is 8. The fourth-order valence-corrected chi connectivity index (χ4v) is 15.6. The fraction of sp³-hybridized carbons (Fsp3) is 0.382. The minimum atomic E-state index is -0.470. The first-order valence-electron chi connectivity index (χ1n) is 49.6. The van der Waals surface area contributed by atoms with Gasteiger partial charge in [0.05, 0.1) is 12.0 Å². The van der Waals surface area contributed by atoms with Gasteiger partial charge in [-0.25, -0.2) is 0 Å². The van der Waals surface area contributed by atoms with Crippen LogP contribution >= 0.6 is 0 Å². The maximum atomic E-state index is 11.8. The van der Waals surface area contributed by atoms with Gasteiger partial charge in [0.2, 0.25) is 0 Å². The molecule has 0 saturated heterocycles. The van der Waals surface area contributed by atoms with Crippen LogP contribution in [0, 0.1) is 35.5 Å². The molecule has 5 atom stereocenters. The van der Waals surface area contributed by atoms with E-state index in [-0.39, 0.29) is 52.8 Å². The number of aliphatic hydroxyl groups excluding tert-OH is 1. The summed E-state index contributed by atoms with van der Waals surface area (Å²) in [4.78, 5) is 91.6. The van der Waals surface area contributed by atoms with Crippen molar-refractivity contribution < 1.29 is 43.5 Å². The Morgan fingerprint density at radius 1 is 0.326 bits per heavy atom. The SMILES string of the molecule is C=C1Cc2ccccc2C1=O.CC.CC.CC.CC.CC.CC.CC.CC.CC.CC.CC1=Cc2ccccc2C1.CC1=Cc2ccccc2C1=O.CC1C(=O)c2ccccc2C1=O.CC1CCCc2ccccc2C1=O.CC1CCc2ccccc2C1=O.CC1Cc2ccccc2C1.CC1Cc2ccccc2C1=O.CC1Cc2ccccc2C1O.O=C(C1=CC1)c1ccccc1. The molecule has 10 aliphatic carbocycles. The number of carbonyl (C=O) groups is 8. The molecule has 0 aliphatic heterocycles. The highest BCUT2D eigenvalue weighted by Crippen LogP contribution is 2.36. The first kappa shape index (κ1) is 118. The summed E-state index contributed by atoms with van der Waals surface area (Å²) in [6.45, 7) is 59.8. The van der Waals surface area contributed by atoms with Crippen LogP contribution in [0.2, 0.25) is 0 Å². The van der Waals surface area contributed by atoms with Crippen molar-refractivity contribution in [2.24, 2.45) is 35.5 Å². The first-order valence-corrected chi connectivity index (χ1v) is 49.6. The molecule has 9 heteroatoms. The summed E-state index contributed by atoms with van der Waals surface area (Å²) in [6, 6.07) is 81.0. The zero-order valence-corrected chi connectivity index (χ0v) is 85.9. The van der Waals surface area contributed by atoms with E-state index in [0.29, 0.717) is 40.0 Å². The van der Waals surface area contributed by atoms with Gasteiger partial charge in [0.15, 0.2) is 46.3 Å². The third kappa shape index (κ3) is 35.9. The number of benzene rings is 10. The number of allylic oxidation sites excluding steroid dienone is 5. The summed E-state index contributed by atoms with van der Waals surface area (Å²) in [5.74, 6) is 2.76. The topological polar surface area (TPSA) is 157 Å². The number of aryl methyl sites for hydroxylation is 2. The summed E-state index contributed by atoms with van der Waals surface area (Å²) >= 11 is 0. The van der Waals surface area contributed by atoms with Crippen LogP contribution in [0.15, 0.2) is 284 Å². The van der Waals surface area contributed by atoms with E-state index in [1.807, 2.05) is 336 Å². The van der Waals surface area contributed by atoms with Crippen LogP contribution in [0.1, 0.15) is 370 Å². The number of fused-ring (bicyclic) bond motifs is 9. The molecule has 10 aliphatic rings. The molecule has 1 N–H and O–H groups in total. The lowest BCUT2D eigenvalue weighted by Crippen LogP contribution is -2.19. The van der Waals surface area contributed by atoms with E-state index in [1.165, 1.54) is 51.8 Å². The van der Waals surface area contributed by atoms with Crippen LogP contribution in [-0.4, -0.2) is 51.4 Å². The largest absolute Gasteiger partial charge is 0.388 e. The quantitative estimate of drug-likeness (QED) is 0.0770. The van der Waals surface area contributed by atoms with Gasteiger partial charge < -0.3 is 5.11 Å². The van der Waals surface area contributed by atoms with E-state index in [4.69, 9.17) is 0 Å². The number of aliphatic hydroxyl groups is 1. The standard InChI is InChI=1S/C12H14O.C11H12O.C10H8O2.C10H12O.C10H10O.3C10H8O.C10H12.C10H10.10C2H6/c1-9-5-4-7-10-6-2-3-8-11(10)12(9)13;1-8-6-7-9-4-2-3-5-10(9)11(8)12;1-6-9(11)7-4-2-3-5-8(7)10(6)12;4*1-7-6-8-4-2-3-5-9(8)10(7)11;11-10(9-6-7-9)8-4-2-1-3-5-8;2*1-8-6-9-4-2-3-5-10(9)7-8;10*1-2/h2-3,6,8-9H,4-5,7H2,1H3;2-5,8H,6-7H2,1H3;2-6H,1H3;2-5,7,10-11H,6H2,1H3;2-5,7H,6H2,1H3;2-6H,1H3;2-5H,1,6H2;1-6H,7H2;2-5,8H,6-7H2,1H3;2-6H,7H2,1H3;10*1-2H3. The van der Waals surface area contributed by atoms with Crippen molar-refractivity contribution in [2.45, 2.75) is 277 Å². The van der Waals surface area contributed by atoms with Gasteiger partial charge >= 0.3 is 0 Å². The minimum absolute atomic E-state index is 0.0457. The lowest BCUT2D eigenvalue weighted by atomic mass is 9.84. The van der Waals surface area contributed by atoms with E-state index in [9.17, 15) is 43.5 Å². The molecule has 0 bridgehead atoms. The molecule has 0 spiro atoms. The monoisotopic (exact) mass is 1780 g/mol. The molecule has 9 nitrogen and oxygen atoms in total. The molecule has 132 heavy (non-hydrogen) atoms. The van der Waals surface area contributed by atoms with Crippen molar-refractivity contribution in [1.82, 2.24) is 0 Å². The normalized spacial score (nSPS) is 16.5. The van der Waals surface area contributed by atoms with Crippen LogP contribution < -0.4 is 0 Å². The molecule has 0 saturated carbocycles. The van der Waals surface area contributed by atoms with E-state index in [0.717, 1.165) is 131 Å². The van der Waals surface area contributed by atoms with Crippen LogP contribution in [-0.2, 0) is 51.4 Å². The third-order valence-electron chi connectivity index (χ3n) is 22.2. The Morgan fingerprint density at radius 2 is 0.697 bits per heavy atom. The Labute approximate surface area is 798 Å². The molecule has 0 aromatic heterocycles. The molecule has 10 aromatic rings. The predicted molar refractivity (Wildman–Crippen MR) is 565 cm³/mol. The van der Waals surface area contributed by atoms with Crippen LogP contribution in [0.25, 0.3) is 12.2 Å². The summed E-state index contributed by atoms with van der Waals surface area (Å²) in [6.07, 6.45) is 18.5. The van der Waals surface area contributed by atoms with E-state index in [2.05, 4.69) is 100 Å². The Bertz CT molecular complexity index is 5170. The van der Waals surface area contributed by atoms with Gasteiger partial charge in [-0.15, -0.1) is 0 Å². The lowest BCUT2D eigenvalue weighted by Gasteiger charge is -2.19. The zero-order chi connectivity index (χ0) is 99.5. The van der Waals surface area contributed by atoms with E-state index < -0.39 is 5.92 Å². The molecular weight excluding hydrogens is 1620 g/mol. The molecular formula is C123H162O9. The van der Waals surface area contributed by atoms with Gasteiger partial charge in [0.1, 0.15) is 0 Å². The van der Waals surface area contributed by atoms with Crippen molar-refractivity contribution in [2.75, 3.05) is 0 Å². The van der Waals surface area contributed by atoms with Gasteiger partial charge in [0.25, 0.3) is 0 Å². The van der Waals surface area contributed by atoms with Gasteiger partial charge in [-0.2, -0.15) is 0 Å². The van der Waals surface area contributed by atoms with Gasteiger partial charge in [0, 0.05) is 74.3 Å². The summed E-state index contributed by atoms with van der Waals surface area (Å²) in [7, 11) is 0. The number of ketones is 8. The molecule has 5 unspecified atom stereocenters. The number of carbonyl (C=O) groups excluding carboxylic acids is 8. The Morgan fingerprint density at radius 3 is 1.15 bits per heavy atom. The van der Waals surface area contributed by atoms with Crippen molar-refractivity contribution in [1.29, 1.82) is 0 Å². The average Bonchev–Trinajstić information content (AvgIpc) is 1.61. The second kappa shape index (κ2) is 66.8. The molecule has 10 aromatic carbocycles. The highest BCUT2D eigenvalue weighted by atomic mass is 16.3.